The van der Waals surface area contributed by atoms with Gasteiger partial charge in [0.2, 0.25) is 0 Å². The number of non-ortho nitro benzene ring substituents is 1. The third-order valence-corrected chi connectivity index (χ3v) is 6.10. The number of hydrogen-bond donors (Lipinski definition) is 1. The Morgan fingerprint density at radius 3 is 2.51 bits per heavy atom. The molecular formula is C25H17BrClN3O7. The Bertz CT molecular complexity index is 1460. The lowest BCUT2D eigenvalue weighted by molar-refractivity contribution is -0.384. The Morgan fingerprint density at radius 1 is 1.11 bits per heavy atom. The number of barbiturate groups is 1. The van der Waals surface area contributed by atoms with Gasteiger partial charge in [-0.1, -0.05) is 29.8 Å². The van der Waals surface area contributed by atoms with Gasteiger partial charge in [-0.3, -0.25) is 25.0 Å². The zero-order chi connectivity index (χ0) is 26.7. The van der Waals surface area contributed by atoms with Crippen LogP contribution < -0.4 is 19.7 Å². The first kappa shape index (κ1) is 25.9. The van der Waals surface area contributed by atoms with Crippen molar-refractivity contribution in [3.05, 3.63) is 97.0 Å². The van der Waals surface area contributed by atoms with Gasteiger partial charge in [-0.25, -0.2) is 9.69 Å². The summed E-state index contributed by atoms with van der Waals surface area (Å²) in [5, 5.41) is 13.8. The average molecular weight is 587 g/mol. The number of nitro benzene ring substituents is 1. The third kappa shape index (κ3) is 5.63. The Kier molecular flexibility index (Phi) is 7.55. The summed E-state index contributed by atoms with van der Waals surface area (Å²) in [6.45, 7) is 0.230. The van der Waals surface area contributed by atoms with E-state index in [1.54, 1.807) is 24.3 Å². The minimum atomic E-state index is -1.02. The molecule has 1 fully saturated rings. The summed E-state index contributed by atoms with van der Waals surface area (Å²) in [7, 11) is 1.44. The average Bonchev–Trinajstić information content (AvgIpc) is 2.86. The number of imide groups is 2. The van der Waals surface area contributed by atoms with Crippen molar-refractivity contribution in [1.82, 2.24) is 5.32 Å². The lowest BCUT2D eigenvalue weighted by Crippen LogP contribution is -2.54. The van der Waals surface area contributed by atoms with Gasteiger partial charge in [0.25, 0.3) is 17.5 Å². The summed E-state index contributed by atoms with van der Waals surface area (Å²) >= 11 is 9.35. The fourth-order valence-electron chi connectivity index (χ4n) is 3.50. The maximum absolute atomic E-state index is 13.2. The summed E-state index contributed by atoms with van der Waals surface area (Å²) < 4.78 is 11.8. The lowest BCUT2D eigenvalue weighted by atomic mass is 10.1. The third-order valence-electron chi connectivity index (χ3n) is 5.26. The molecule has 0 aromatic heterocycles. The molecule has 1 aliphatic rings. The van der Waals surface area contributed by atoms with Crippen LogP contribution in [0.4, 0.5) is 16.2 Å². The van der Waals surface area contributed by atoms with E-state index in [0.29, 0.717) is 31.5 Å². The van der Waals surface area contributed by atoms with E-state index in [2.05, 4.69) is 21.2 Å². The first-order valence-corrected chi connectivity index (χ1v) is 11.8. The molecule has 1 heterocycles. The highest BCUT2D eigenvalue weighted by Gasteiger charge is 2.37. The second kappa shape index (κ2) is 10.8. The van der Waals surface area contributed by atoms with E-state index < -0.39 is 22.8 Å². The highest BCUT2D eigenvalue weighted by atomic mass is 79.9. The number of benzene rings is 3. The summed E-state index contributed by atoms with van der Waals surface area (Å²) in [6.07, 6.45) is 1.28. The zero-order valence-corrected chi connectivity index (χ0v) is 21.4. The first-order valence-electron chi connectivity index (χ1n) is 10.6. The minimum absolute atomic E-state index is 0.0557. The monoisotopic (exact) mass is 585 g/mol. The van der Waals surface area contributed by atoms with Gasteiger partial charge >= 0.3 is 6.03 Å². The molecule has 0 aliphatic carbocycles. The standard InChI is InChI=1S/C25H17BrClN3O7/c1-36-21-11-15(10-20(26)22(21)37-13-14-5-7-16(27)8-6-14)9-19-23(31)28-25(33)29(24(19)32)17-3-2-4-18(12-17)30(34)35/h2-12H,13H2,1H3,(H,28,31,33)/b19-9+. The van der Waals surface area contributed by atoms with Crippen molar-refractivity contribution in [2.24, 2.45) is 0 Å². The number of methoxy groups -OCH3 is 1. The molecule has 1 saturated heterocycles. The van der Waals surface area contributed by atoms with Crippen LogP contribution in [-0.4, -0.2) is 29.9 Å². The van der Waals surface area contributed by atoms with Gasteiger partial charge in [-0.15, -0.1) is 0 Å². The van der Waals surface area contributed by atoms with Gasteiger partial charge in [0.1, 0.15) is 12.2 Å². The predicted molar refractivity (Wildman–Crippen MR) is 139 cm³/mol. The van der Waals surface area contributed by atoms with Gasteiger partial charge in [0.15, 0.2) is 11.5 Å². The van der Waals surface area contributed by atoms with Crippen molar-refractivity contribution in [3.63, 3.8) is 0 Å². The molecule has 0 radical (unpaired) electrons. The molecule has 0 unspecified atom stereocenters. The zero-order valence-electron chi connectivity index (χ0n) is 19.1. The van der Waals surface area contributed by atoms with Crippen LogP contribution in [0.5, 0.6) is 11.5 Å². The number of rotatable bonds is 7. The lowest BCUT2D eigenvalue weighted by Gasteiger charge is -2.26. The van der Waals surface area contributed by atoms with Crippen molar-refractivity contribution < 1.29 is 28.8 Å². The fourth-order valence-corrected chi connectivity index (χ4v) is 4.20. The molecule has 3 aromatic carbocycles. The summed E-state index contributed by atoms with van der Waals surface area (Å²) in [5.41, 5.74) is 0.549. The molecule has 4 amide bonds. The number of carbonyl (C=O) groups is 3. The molecule has 3 aromatic rings. The largest absolute Gasteiger partial charge is 0.493 e. The quantitative estimate of drug-likeness (QED) is 0.173. The van der Waals surface area contributed by atoms with E-state index in [1.807, 2.05) is 12.1 Å². The van der Waals surface area contributed by atoms with Crippen molar-refractivity contribution in [2.75, 3.05) is 12.0 Å². The molecule has 1 N–H and O–H groups in total. The number of ether oxygens (including phenoxy) is 2. The van der Waals surface area contributed by atoms with Gasteiger partial charge in [-0.05, 0) is 63.5 Å². The smallest absolute Gasteiger partial charge is 0.335 e. The number of urea groups is 1. The molecule has 37 heavy (non-hydrogen) atoms. The summed E-state index contributed by atoms with van der Waals surface area (Å²) in [5.74, 6) is -1.12. The molecule has 4 rings (SSSR count). The summed E-state index contributed by atoms with van der Waals surface area (Å²) in [4.78, 5) is 49.2. The molecule has 10 nitrogen and oxygen atoms in total. The van der Waals surface area contributed by atoms with Crippen molar-refractivity contribution >= 4 is 62.8 Å². The van der Waals surface area contributed by atoms with E-state index >= 15 is 0 Å². The van der Waals surface area contributed by atoms with Crippen molar-refractivity contribution in [1.29, 1.82) is 0 Å². The van der Waals surface area contributed by atoms with E-state index in [-0.39, 0.29) is 23.6 Å². The van der Waals surface area contributed by atoms with Crippen LogP contribution in [0.3, 0.4) is 0 Å². The van der Waals surface area contributed by atoms with Crippen LogP contribution in [-0.2, 0) is 16.2 Å². The van der Waals surface area contributed by atoms with Gasteiger partial charge in [-0.2, -0.15) is 0 Å². The topological polar surface area (TPSA) is 128 Å². The van der Waals surface area contributed by atoms with Crippen LogP contribution in [0.1, 0.15) is 11.1 Å². The minimum Gasteiger partial charge on any atom is -0.493 e. The van der Waals surface area contributed by atoms with Crippen molar-refractivity contribution in [2.45, 2.75) is 6.61 Å². The Balaban J connectivity index is 1.64. The Morgan fingerprint density at radius 2 is 1.84 bits per heavy atom. The maximum atomic E-state index is 13.2. The van der Waals surface area contributed by atoms with Gasteiger partial charge in [0, 0.05) is 17.2 Å². The number of nitro groups is 1. The maximum Gasteiger partial charge on any atom is 0.335 e. The second-order valence-corrected chi connectivity index (χ2v) is 8.97. The van der Waals surface area contributed by atoms with E-state index in [4.69, 9.17) is 21.1 Å². The van der Waals surface area contributed by atoms with E-state index in [1.165, 1.54) is 31.4 Å². The fraction of sp³-hybridized carbons (Fsp3) is 0.0800. The van der Waals surface area contributed by atoms with Crippen LogP contribution >= 0.6 is 27.5 Å². The normalized spacial score (nSPS) is 14.5. The Labute approximate surface area is 223 Å². The van der Waals surface area contributed by atoms with Crippen molar-refractivity contribution in [3.8, 4) is 11.5 Å². The number of hydrogen-bond acceptors (Lipinski definition) is 7. The Hall–Kier alpha value is -4.22. The molecule has 12 heteroatoms. The first-order chi connectivity index (χ1) is 17.7. The van der Waals surface area contributed by atoms with Gasteiger partial charge in [0.05, 0.1) is 22.2 Å². The number of nitrogens with zero attached hydrogens (tertiary/aromatic N) is 2. The molecule has 0 spiro atoms. The van der Waals surface area contributed by atoms with Crippen LogP contribution in [0, 0.1) is 10.1 Å². The number of halogens is 2. The number of amides is 4. The van der Waals surface area contributed by atoms with Crippen LogP contribution in [0.2, 0.25) is 5.02 Å². The predicted octanol–water partition coefficient (Wildman–Crippen LogP) is 5.26. The number of carbonyl (C=O) groups excluding carboxylic acids is 3. The molecule has 0 bridgehead atoms. The summed E-state index contributed by atoms with van der Waals surface area (Å²) in [6, 6.07) is 14.3. The molecular weight excluding hydrogens is 570 g/mol. The molecule has 0 atom stereocenters. The highest BCUT2D eigenvalue weighted by Crippen LogP contribution is 2.38. The van der Waals surface area contributed by atoms with Crippen LogP contribution in [0.15, 0.2) is 70.7 Å². The highest BCUT2D eigenvalue weighted by molar-refractivity contribution is 9.10. The molecule has 1 aliphatic heterocycles. The molecule has 188 valence electrons. The van der Waals surface area contributed by atoms with Crippen LogP contribution in [0.25, 0.3) is 6.08 Å². The number of anilines is 1. The SMILES string of the molecule is COc1cc(/C=C2\C(=O)NC(=O)N(c3cccc([N+](=O)[O-])c3)C2=O)cc(Br)c1OCc1ccc(Cl)cc1. The molecule has 0 saturated carbocycles. The van der Waals surface area contributed by atoms with E-state index in [9.17, 15) is 24.5 Å². The van der Waals surface area contributed by atoms with Gasteiger partial charge < -0.3 is 9.47 Å². The number of nitrogens with one attached hydrogen (secondary N) is 1. The second-order valence-electron chi connectivity index (χ2n) is 7.68. The van der Waals surface area contributed by atoms with E-state index in [0.717, 1.165) is 11.6 Å².